The Morgan fingerprint density at radius 1 is 1.25 bits per heavy atom. The molecule has 1 fully saturated rings. The van der Waals surface area contributed by atoms with Crippen LogP contribution in [0.2, 0.25) is 0 Å². The molecule has 1 N–H and O–H groups in total. The van der Waals surface area contributed by atoms with Crippen LogP contribution in [-0.4, -0.2) is 17.0 Å². The molecule has 0 spiro atoms. The van der Waals surface area contributed by atoms with Gasteiger partial charge in [0.2, 0.25) is 11.8 Å². The lowest BCUT2D eigenvalue weighted by Gasteiger charge is -2.32. The molecule has 1 amide bonds. The summed E-state index contributed by atoms with van der Waals surface area (Å²) in [6.45, 7) is 3.62. The van der Waals surface area contributed by atoms with Crippen molar-refractivity contribution in [2.24, 2.45) is 5.92 Å². The lowest BCUT2D eigenvalue weighted by Crippen LogP contribution is -2.37. The number of hydrogen-bond acceptors (Lipinski definition) is 4. The number of alkyl carbamates (subject to hydrolysis) is 1. The summed E-state index contributed by atoms with van der Waals surface area (Å²) in [7, 11) is 0. The number of nitrogens with one attached hydrogen (secondary N) is 1. The number of oxazole rings is 1. The third kappa shape index (κ3) is 4.79. The van der Waals surface area contributed by atoms with Crippen molar-refractivity contribution < 1.29 is 27.1 Å². The molecule has 0 aliphatic heterocycles. The number of ether oxygens (including phenoxy) is 1. The summed E-state index contributed by atoms with van der Waals surface area (Å²) in [6, 6.07) is 11.4. The molecule has 3 aromatic rings. The number of halogens is 3. The summed E-state index contributed by atoms with van der Waals surface area (Å²) in [4.78, 5) is 16.8. The summed E-state index contributed by atoms with van der Waals surface area (Å²) in [5.41, 5.74) is 1.27. The molecule has 0 bridgehead atoms. The number of benzene rings is 2. The van der Waals surface area contributed by atoms with Crippen molar-refractivity contribution in [3.63, 3.8) is 0 Å². The minimum Gasteiger partial charge on any atom is -0.445 e. The van der Waals surface area contributed by atoms with E-state index < -0.39 is 23.9 Å². The first kappa shape index (κ1) is 21.9. The zero-order valence-corrected chi connectivity index (χ0v) is 17.3. The third-order valence-electron chi connectivity index (χ3n) is 5.75. The van der Waals surface area contributed by atoms with Crippen molar-refractivity contribution >= 4 is 23.3 Å². The zero-order valence-electron chi connectivity index (χ0n) is 17.3. The second-order valence-electron chi connectivity index (χ2n) is 7.95. The van der Waals surface area contributed by atoms with Crippen molar-refractivity contribution in [1.29, 1.82) is 0 Å². The van der Waals surface area contributed by atoms with Crippen LogP contribution in [0.25, 0.3) is 17.2 Å². The number of nitrogens with zero attached hydrogens (tertiary/aromatic N) is 1. The summed E-state index contributed by atoms with van der Waals surface area (Å²) in [5, 5.41) is 2.70. The smallest absolute Gasteiger partial charge is 0.408 e. The molecule has 168 valence electrons. The fourth-order valence-electron chi connectivity index (χ4n) is 3.95. The molecule has 0 radical (unpaired) electrons. The molecule has 8 heteroatoms. The summed E-state index contributed by atoms with van der Waals surface area (Å²) in [6.07, 6.45) is 0.355. The van der Waals surface area contributed by atoms with Crippen LogP contribution >= 0.6 is 0 Å². The first-order chi connectivity index (χ1) is 15.4. The Morgan fingerprint density at radius 3 is 2.66 bits per heavy atom. The molecule has 2 aromatic carbocycles. The van der Waals surface area contributed by atoms with Gasteiger partial charge in [-0.3, -0.25) is 0 Å². The molecule has 5 nitrogen and oxygen atoms in total. The average Bonchev–Trinajstić information content (AvgIpc) is 3.22. The standard InChI is InChI=1S/C24H23F3N2O3/c1-2-16-8-9-18-21(19(16)25)28-22(32-18)20(17-10-12-24(26,27)13-11-17)29-23(30)31-14-15-6-4-3-5-7-15/h2-9,17,20H,1,10-14H2,(H,29,30). The van der Waals surface area contributed by atoms with Gasteiger partial charge in [0.05, 0.1) is 0 Å². The van der Waals surface area contributed by atoms with Crippen LogP contribution in [0.4, 0.5) is 18.0 Å². The Hall–Kier alpha value is -3.29. The molecule has 1 aliphatic carbocycles. The first-order valence-corrected chi connectivity index (χ1v) is 10.4. The predicted molar refractivity (Wildman–Crippen MR) is 113 cm³/mol. The quantitative estimate of drug-likeness (QED) is 0.478. The van der Waals surface area contributed by atoms with Crippen molar-refractivity contribution in [3.05, 3.63) is 71.9 Å². The second kappa shape index (κ2) is 9.06. The van der Waals surface area contributed by atoms with Gasteiger partial charge in [0.1, 0.15) is 18.2 Å². The number of carbonyl (C=O) groups is 1. The maximum atomic E-state index is 14.7. The van der Waals surface area contributed by atoms with Crippen LogP contribution in [0.5, 0.6) is 0 Å². The van der Waals surface area contributed by atoms with Gasteiger partial charge >= 0.3 is 6.09 Å². The molecule has 1 atom stereocenters. The largest absolute Gasteiger partial charge is 0.445 e. The molecule has 1 saturated carbocycles. The van der Waals surface area contributed by atoms with E-state index >= 15 is 0 Å². The summed E-state index contributed by atoms with van der Waals surface area (Å²) >= 11 is 0. The predicted octanol–water partition coefficient (Wildman–Crippen LogP) is 6.40. The van der Waals surface area contributed by atoms with Gasteiger partial charge in [-0.15, -0.1) is 0 Å². The van der Waals surface area contributed by atoms with Crippen LogP contribution in [0.3, 0.4) is 0 Å². The molecule has 1 unspecified atom stereocenters. The van der Waals surface area contributed by atoms with Crippen molar-refractivity contribution in [2.75, 3.05) is 0 Å². The lowest BCUT2D eigenvalue weighted by molar-refractivity contribution is -0.0505. The van der Waals surface area contributed by atoms with E-state index in [0.29, 0.717) is 0 Å². The van der Waals surface area contributed by atoms with Crippen LogP contribution in [0.1, 0.15) is 48.7 Å². The maximum Gasteiger partial charge on any atom is 0.408 e. The Bertz CT molecular complexity index is 1100. The molecule has 1 aromatic heterocycles. The first-order valence-electron chi connectivity index (χ1n) is 10.4. The molecular weight excluding hydrogens is 421 g/mol. The van der Waals surface area contributed by atoms with Crippen LogP contribution in [0, 0.1) is 11.7 Å². The van der Waals surface area contributed by atoms with Crippen LogP contribution in [-0.2, 0) is 11.3 Å². The SMILES string of the molecule is C=Cc1ccc2oc(C(NC(=O)OCc3ccccc3)C3CCC(F)(F)CC3)nc2c1F. The monoisotopic (exact) mass is 444 g/mol. The van der Waals surface area contributed by atoms with E-state index in [1.165, 1.54) is 12.1 Å². The van der Waals surface area contributed by atoms with Crippen LogP contribution < -0.4 is 5.32 Å². The van der Waals surface area contributed by atoms with E-state index in [2.05, 4.69) is 16.9 Å². The summed E-state index contributed by atoms with van der Waals surface area (Å²) < 4.78 is 53.1. The van der Waals surface area contributed by atoms with Gasteiger partial charge in [0, 0.05) is 18.4 Å². The van der Waals surface area contributed by atoms with Gasteiger partial charge in [-0.05, 0) is 36.5 Å². The van der Waals surface area contributed by atoms with Crippen molar-refractivity contribution in [2.45, 2.75) is 44.3 Å². The molecule has 1 aliphatic rings. The van der Waals surface area contributed by atoms with E-state index in [9.17, 15) is 18.0 Å². The van der Waals surface area contributed by atoms with Crippen LogP contribution in [0.15, 0.2) is 53.5 Å². The van der Waals surface area contributed by atoms with E-state index in [0.717, 1.165) is 5.56 Å². The Morgan fingerprint density at radius 2 is 1.97 bits per heavy atom. The average molecular weight is 444 g/mol. The van der Waals surface area contributed by atoms with Gasteiger partial charge in [-0.2, -0.15) is 0 Å². The summed E-state index contributed by atoms with van der Waals surface area (Å²) in [5.74, 6) is -3.62. The Balaban J connectivity index is 1.57. The van der Waals surface area contributed by atoms with E-state index in [1.807, 2.05) is 30.3 Å². The number of amides is 1. The van der Waals surface area contributed by atoms with Crippen molar-refractivity contribution in [1.82, 2.24) is 10.3 Å². The molecular formula is C24H23F3N2O3. The number of carbonyl (C=O) groups excluding carboxylic acids is 1. The number of rotatable bonds is 6. The highest BCUT2D eigenvalue weighted by Crippen LogP contribution is 2.42. The van der Waals surface area contributed by atoms with Gasteiger partial charge in [0.25, 0.3) is 0 Å². The second-order valence-corrected chi connectivity index (χ2v) is 7.95. The minimum atomic E-state index is -2.73. The van der Waals surface area contributed by atoms with Gasteiger partial charge < -0.3 is 14.5 Å². The maximum absolute atomic E-state index is 14.7. The normalized spacial score (nSPS) is 17.1. The fourth-order valence-corrected chi connectivity index (χ4v) is 3.95. The van der Waals surface area contributed by atoms with E-state index in [-0.39, 0.29) is 60.8 Å². The fraction of sp³-hybridized carbons (Fsp3) is 0.333. The van der Waals surface area contributed by atoms with Crippen molar-refractivity contribution in [3.8, 4) is 0 Å². The number of aromatic nitrogens is 1. The van der Waals surface area contributed by atoms with Gasteiger partial charge in [-0.1, -0.05) is 43.0 Å². The topological polar surface area (TPSA) is 64.4 Å². The van der Waals surface area contributed by atoms with Gasteiger partial charge in [-0.25, -0.2) is 22.9 Å². The highest BCUT2D eigenvalue weighted by Gasteiger charge is 2.40. The highest BCUT2D eigenvalue weighted by molar-refractivity contribution is 5.77. The number of fused-ring (bicyclic) bond motifs is 1. The Labute approximate surface area is 183 Å². The molecule has 4 rings (SSSR count). The zero-order chi connectivity index (χ0) is 22.7. The van der Waals surface area contributed by atoms with Gasteiger partial charge in [0.15, 0.2) is 11.4 Å². The molecule has 32 heavy (non-hydrogen) atoms. The van der Waals surface area contributed by atoms with E-state index in [1.54, 1.807) is 6.07 Å². The number of hydrogen-bond donors (Lipinski definition) is 1. The lowest BCUT2D eigenvalue weighted by atomic mass is 9.82. The Kier molecular flexibility index (Phi) is 6.21. The van der Waals surface area contributed by atoms with E-state index in [4.69, 9.17) is 9.15 Å². The third-order valence-corrected chi connectivity index (χ3v) is 5.75. The molecule has 1 heterocycles. The molecule has 0 saturated heterocycles. The minimum absolute atomic E-state index is 0.00277. The highest BCUT2D eigenvalue weighted by atomic mass is 19.3. The number of alkyl halides is 2.